The Labute approximate surface area is 293 Å². The first-order valence-electron chi connectivity index (χ1n) is 16.4. The second kappa shape index (κ2) is 14.2. The van der Waals surface area contributed by atoms with Crippen LogP contribution in [0.1, 0.15) is 44.7 Å². The summed E-state index contributed by atoms with van der Waals surface area (Å²) in [6, 6.07) is 9.15. The quantitative estimate of drug-likeness (QED) is 0.185. The Hall–Kier alpha value is -5.89. The summed E-state index contributed by atoms with van der Waals surface area (Å²) in [5.74, 6) is -1.55. The lowest BCUT2D eigenvalue weighted by Gasteiger charge is -2.40. The van der Waals surface area contributed by atoms with Gasteiger partial charge in [0.15, 0.2) is 6.29 Å². The number of phenolic OH excluding ortho intramolecular Hbond substituents is 1. The van der Waals surface area contributed by atoms with E-state index in [9.17, 15) is 33.9 Å². The van der Waals surface area contributed by atoms with Crippen molar-refractivity contribution in [3.05, 3.63) is 87.6 Å². The number of benzene rings is 2. The first-order valence-corrected chi connectivity index (χ1v) is 16.4. The Balaban J connectivity index is 1.14. The summed E-state index contributed by atoms with van der Waals surface area (Å²) in [4.78, 5) is 84.7. The molecule has 51 heavy (non-hydrogen) atoms. The van der Waals surface area contributed by atoms with E-state index in [0.717, 1.165) is 5.56 Å². The van der Waals surface area contributed by atoms with Crippen LogP contribution < -0.4 is 15.6 Å². The van der Waals surface area contributed by atoms with Gasteiger partial charge in [-0.15, -0.1) is 0 Å². The fourth-order valence-electron chi connectivity index (χ4n) is 6.87. The number of piperidine rings is 1. The van der Waals surface area contributed by atoms with Gasteiger partial charge in [-0.2, -0.15) is 0 Å². The zero-order valence-corrected chi connectivity index (χ0v) is 28.7. The van der Waals surface area contributed by atoms with E-state index in [1.54, 1.807) is 50.8 Å². The summed E-state index contributed by atoms with van der Waals surface area (Å²) in [6.07, 6.45) is 5.68. The number of imide groups is 1. The largest absolute Gasteiger partial charge is 0.507 e. The Bertz CT molecular complexity index is 2140. The summed E-state index contributed by atoms with van der Waals surface area (Å²) in [5, 5.41) is 14.6. The van der Waals surface area contributed by atoms with Gasteiger partial charge in [-0.1, -0.05) is 18.2 Å². The number of ether oxygens (including phenoxy) is 1. The van der Waals surface area contributed by atoms with E-state index in [2.05, 4.69) is 10.3 Å². The molecule has 4 aromatic rings. The second-order valence-corrected chi connectivity index (χ2v) is 13.0. The van der Waals surface area contributed by atoms with Crippen LogP contribution in [0.5, 0.6) is 11.5 Å². The number of amides is 4. The zero-order chi connectivity index (χ0) is 36.6. The smallest absolute Gasteiger partial charge is 0.259 e. The molecule has 0 spiro atoms. The Morgan fingerprint density at radius 3 is 2.59 bits per heavy atom. The maximum Gasteiger partial charge on any atom is 0.259 e. The van der Waals surface area contributed by atoms with Crippen LogP contribution >= 0.6 is 0 Å². The maximum absolute atomic E-state index is 13.7. The number of aldehydes is 1. The lowest BCUT2D eigenvalue weighted by Crippen LogP contribution is -2.53. The molecule has 1 atom stereocenters. The standard InChI is InChI=1S/C37H38N6O8/c1-40(15-21-6-5-7-22(20-44)33(21)37(50)42(3)29-8-9-32(46)39-34(29)47)35(48)24-16-43(17-24)19-28-30(45)12-23(13-31(28)51-4)27-18-41(2)36(49)26-14-38-11-10-25(26)27/h5-7,10-14,18,20,24,29,45H,8-9,15-17,19H2,1-4H3,(H,39,46,47). The number of likely N-dealkylation sites (N-methyl/N-ethyl adjacent to an activating group) is 1. The molecule has 0 bridgehead atoms. The number of phenols is 1. The highest BCUT2D eigenvalue weighted by molar-refractivity contribution is 6.06. The predicted molar refractivity (Wildman–Crippen MR) is 186 cm³/mol. The van der Waals surface area contributed by atoms with Crippen LogP contribution in [0.15, 0.2) is 59.8 Å². The van der Waals surface area contributed by atoms with Gasteiger partial charge in [0.2, 0.25) is 17.7 Å². The highest BCUT2D eigenvalue weighted by Gasteiger charge is 2.37. The molecule has 0 saturated carbocycles. The van der Waals surface area contributed by atoms with Gasteiger partial charge in [0.1, 0.15) is 17.5 Å². The van der Waals surface area contributed by atoms with Crippen LogP contribution in [0, 0.1) is 5.92 Å². The third kappa shape index (κ3) is 6.69. The van der Waals surface area contributed by atoms with Gasteiger partial charge >= 0.3 is 0 Å². The van der Waals surface area contributed by atoms with E-state index in [4.69, 9.17) is 4.74 Å². The van der Waals surface area contributed by atoms with Gasteiger partial charge in [-0.05, 0) is 41.1 Å². The molecule has 1 unspecified atom stereocenters. The number of carbonyl (C=O) groups excluding carboxylic acids is 5. The number of nitrogens with zero attached hydrogens (tertiary/aromatic N) is 5. The number of fused-ring (bicyclic) bond motifs is 1. The summed E-state index contributed by atoms with van der Waals surface area (Å²) < 4.78 is 7.16. The topological polar surface area (TPSA) is 171 Å². The van der Waals surface area contributed by atoms with Crippen LogP contribution in [0.4, 0.5) is 0 Å². The summed E-state index contributed by atoms with van der Waals surface area (Å²) in [7, 11) is 6.26. The molecule has 14 heteroatoms. The van der Waals surface area contributed by atoms with E-state index in [1.807, 2.05) is 11.0 Å². The number of aromatic nitrogens is 2. The molecule has 2 aliphatic rings. The van der Waals surface area contributed by atoms with Crippen LogP contribution in [-0.2, 0) is 34.5 Å². The fraction of sp³-hybridized carbons (Fsp3) is 0.324. The highest BCUT2D eigenvalue weighted by atomic mass is 16.5. The molecule has 14 nitrogen and oxygen atoms in total. The number of nitrogens with one attached hydrogen (secondary N) is 1. The van der Waals surface area contributed by atoms with Crippen LogP contribution in [0.3, 0.4) is 0 Å². The average Bonchev–Trinajstić information content (AvgIpc) is 3.10. The number of aryl methyl sites for hydroxylation is 1. The molecule has 2 N–H and O–H groups in total. The van der Waals surface area contributed by atoms with E-state index in [-0.39, 0.29) is 53.6 Å². The average molecular weight is 695 g/mol. The van der Waals surface area contributed by atoms with Crippen molar-refractivity contribution in [3.63, 3.8) is 0 Å². The molecule has 2 aromatic heterocycles. The van der Waals surface area contributed by atoms with Crippen molar-refractivity contribution >= 4 is 40.7 Å². The van der Waals surface area contributed by atoms with Gasteiger partial charge in [0.05, 0.1) is 24.0 Å². The molecule has 2 saturated heterocycles. The minimum absolute atomic E-state index is 0.0156. The molecular formula is C37H38N6O8. The molecular weight excluding hydrogens is 656 g/mol. The predicted octanol–water partition coefficient (Wildman–Crippen LogP) is 2.09. The highest BCUT2D eigenvalue weighted by Crippen LogP contribution is 2.38. The van der Waals surface area contributed by atoms with Gasteiger partial charge in [-0.25, -0.2) is 0 Å². The molecule has 0 radical (unpaired) electrons. The number of carbonyl (C=O) groups is 5. The van der Waals surface area contributed by atoms with Crippen LogP contribution in [0.2, 0.25) is 0 Å². The third-order valence-electron chi connectivity index (χ3n) is 9.69. The number of likely N-dealkylation sites (tertiary alicyclic amines) is 1. The normalized spacial score (nSPS) is 16.4. The lowest BCUT2D eigenvalue weighted by atomic mass is 9.95. The maximum atomic E-state index is 13.7. The van der Waals surface area contributed by atoms with Crippen molar-refractivity contribution < 1.29 is 33.8 Å². The van der Waals surface area contributed by atoms with Gasteiger partial charge in [0.25, 0.3) is 11.5 Å². The molecule has 264 valence electrons. The number of pyridine rings is 2. The first kappa shape index (κ1) is 35.0. The van der Waals surface area contributed by atoms with Crippen molar-refractivity contribution in [2.45, 2.75) is 32.0 Å². The Kier molecular flexibility index (Phi) is 9.70. The van der Waals surface area contributed by atoms with E-state index < -0.39 is 23.8 Å². The van der Waals surface area contributed by atoms with Crippen LogP contribution in [-0.4, -0.2) is 99.6 Å². The molecule has 2 aromatic carbocycles. The second-order valence-electron chi connectivity index (χ2n) is 13.0. The Morgan fingerprint density at radius 1 is 1.12 bits per heavy atom. The SMILES string of the molecule is COc1cc(-c2cn(C)c(=O)c3cnccc23)cc(O)c1CN1CC(C(=O)N(C)Cc2cccc(C=O)c2C(=O)N(C)C2CCC(=O)NC2=O)C1. The minimum atomic E-state index is -0.872. The van der Waals surface area contributed by atoms with Crippen molar-refractivity contribution in [1.29, 1.82) is 0 Å². The number of rotatable bonds is 10. The fourth-order valence-corrected chi connectivity index (χ4v) is 6.87. The monoisotopic (exact) mass is 694 g/mol. The van der Waals surface area contributed by atoms with Crippen molar-refractivity contribution in [2.24, 2.45) is 13.0 Å². The number of methoxy groups -OCH3 is 1. The van der Waals surface area contributed by atoms with Crippen molar-refractivity contribution in [2.75, 3.05) is 34.3 Å². The van der Waals surface area contributed by atoms with Gasteiger partial charge in [0, 0.05) is 89.0 Å². The number of hydrogen-bond donors (Lipinski definition) is 2. The number of hydrogen-bond acceptors (Lipinski definition) is 10. The molecule has 6 rings (SSSR count). The van der Waals surface area contributed by atoms with Crippen molar-refractivity contribution in [1.82, 2.24) is 29.6 Å². The molecule has 4 heterocycles. The van der Waals surface area contributed by atoms with Crippen LogP contribution in [0.25, 0.3) is 21.9 Å². The summed E-state index contributed by atoms with van der Waals surface area (Å²) in [6.45, 7) is 1.22. The Morgan fingerprint density at radius 2 is 1.88 bits per heavy atom. The summed E-state index contributed by atoms with van der Waals surface area (Å²) in [5.41, 5.74) is 2.47. The first-order chi connectivity index (χ1) is 24.4. The molecule has 2 aliphatic heterocycles. The van der Waals surface area contributed by atoms with E-state index in [0.29, 0.717) is 59.1 Å². The summed E-state index contributed by atoms with van der Waals surface area (Å²) >= 11 is 0. The lowest BCUT2D eigenvalue weighted by molar-refractivity contribution is -0.140. The molecule has 0 aliphatic carbocycles. The van der Waals surface area contributed by atoms with Crippen molar-refractivity contribution in [3.8, 4) is 22.6 Å². The number of aromatic hydroxyl groups is 1. The molecule has 4 amide bonds. The molecule has 2 fully saturated rings. The van der Waals surface area contributed by atoms with Gasteiger partial charge in [-0.3, -0.25) is 44.0 Å². The zero-order valence-electron chi connectivity index (χ0n) is 28.7. The van der Waals surface area contributed by atoms with Gasteiger partial charge < -0.3 is 24.2 Å². The minimum Gasteiger partial charge on any atom is -0.507 e. The third-order valence-corrected chi connectivity index (χ3v) is 9.69. The van der Waals surface area contributed by atoms with E-state index >= 15 is 0 Å². The van der Waals surface area contributed by atoms with E-state index in [1.165, 1.54) is 40.8 Å².